The minimum Gasteiger partial charge on any atom is -0.387 e. The molecule has 20 heavy (non-hydrogen) atoms. The molecule has 2 N–H and O–H groups in total. The van der Waals surface area contributed by atoms with Gasteiger partial charge in [0.1, 0.15) is 0 Å². The lowest BCUT2D eigenvalue weighted by Crippen LogP contribution is -2.36. The molecule has 4 heteroatoms. The van der Waals surface area contributed by atoms with Crippen LogP contribution in [0.2, 0.25) is 0 Å². The van der Waals surface area contributed by atoms with Gasteiger partial charge in [0.25, 0.3) is 0 Å². The Morgan fingerprint density at radius 2 is 1.60 bits per heavy atom. The van der Waals surface area contributed by atoms with Gasteiger partial charge in [-0.25, -0.2) is 0 Å². The second kappa shape index (κ2) is 9.67. The summed E-state index contributed by atoms with van der Waals surface area (Å²) in [6.45, 7) is 10.7. The van der Waals surface area contributed by atoms with Crippen molar-refractivity contribution in [1.82, 2.24) is 5.32 Å². The van der Waals surface area contributed by atoms with Gasteiger partial charge < -0.3 is 10.4 Å². The van der Waals surface area contributed by atoms with Crippen LogP contribution in [0.4, 0.5) is 0 Å². The maximum atomic E-state index is 10.3. The predicted octanol–water partition coefficient (Wildman–Crippen LogP) is 4.28. The molecular formula is C16H28ClNOS. The number of halogens is 1. The highest BCUT2D eigenvalue weighted by molar-refractivity contribution is 7.99. The predicted molar refractivity (Wildman–Crippen MR) is 91.9 cm³/mol. The van der Waals surface area contributed by atoms with E-state index in [9.17, 15) is 5.11 Å². The molecule has 2 nitrogen and oxygen atoms in total. The summed E-state index contributed by atoms with van der Waals surface area (Å²) in [5.41, 5.74) is 0.981. The summed E-state index contributed by atoms with van der Waals surface area (Å²) >= 11 is 1.87. The first-order valence-corrected chi connectivity index (χ1v) is 8.05. The number of benzene rings is 1. The fourth-order valence-electron chi connectivity index (χ4n) is 1.93. The van der Waals surface area contributed by atoms with Crippen LogP contribution in [0.1, 0.15) is 46.3 Å². The van der Waals surface area contributed by atoms with Crippen LogP contribution in [0, 0.1) is 5.92 Å². The summed E-state index contributed by atoms with van der Waals surface area (Å²) in [5, 5.41) is 13.6. The highest BCUT2D eigenvalue weighted by Gasteiger charge is 2.16. The van der Waals surface area contributed by atoms with Crippen LogP contribution in [-0.4, -0.2) is 22.9 Å². The molecule has 2 unspecified atom stereocenters. The van der Waals surface area contributed by atoms with Crippen LogP contribution in [0.15, 0.2) is 29.2 Å². The van der Waals surface area contributed by atoms with E-state index < -0.39 is 6.10 Å². The van der Waals surface area contributed by atoms with E-state index in [0.717, 1.165) is 11.3 Å². The van der Waals surface area contributed by atoms with Crippen molar-refractivity contribution in [2.45, 2.75) is 57.7 Å². The molecule has 0 bridgehead atoms. The molecule has 2 atom stereocenters. The third-order valence-corrected chi connectivity index (χ3v) is 4.31. The van der Waals surface area contributed by atoms with Crippen LogP contribution >= 0.6 is 24.2 Å². The standard InChI is InChI=1S/C16H27NOS.ClH/c1-11(2)10-19-15-8-6-14(7-9-15)16(18)13(5)17-12(3)4;/h6-9,11-13,16-18H,10H2,1-5H3;1H. The summed E-state index contributed by atoms with van der Waals surface area (Å²) in [6.07, 6.45) is -0.452. The monoisotopic (exact) mass is 317 g/mol. The Morgan fingerprint density at radius 3 is 2.05 bits per heavy atom. The third kappa shape index (κ3) is 6.98. The smallest absolute Gasteiger partial charge is 0.0940 e. The lowest BCUT2D eigenvalue weighted by Gasteiger charge is -2.23. The molecule has 0 aliphatic heterocycles. The van der Waals surface area contributed by atoms with Crippen molar-refractivity contribution in [1.29, 1.82) is 0 Å². The van der Waals surface area contributed by atoms with Gasteiger partial charge in [0.05, 0.1) is 6.10 Å². The molecule has 116 valence electrons. The van der Waals surface area contributed by atoms with Crippen molar-refractivity contribution < 1.29 is 5.11 Å². The van der Waals surface area contributed by atoms with Crippen LogP contribution in [0.25, 0.3) is 0 Å². The third-order valence-electron chi connectivity index (χ3n) is 2.87. The molecule has 0 aliphatic rings. The maximum Gasteiger partial charge on any atom is 0.0940 e. The largest absolute Gasteiger partial charge is 0.387 e. The zero-order valence-electron chi connectivity index (χ0n) is 13.1. The fourth-order valence-corrected chi connectivity index (χ4v) is 2.78. The Balaban J connectivity index is 0.00000361. The first-order valence-electron chi connectivity index (χ1n) is 7.07. The zero-order valence-corrected chi connectivity index (χ0v) is 14.7. The van der Waals surface area contributed by atoms with Crippen molar-refractivity contribution in [2.75, 3.05) is 5.75 Å². The number of aliphatic hydroxyl groups excluding tert-OH is 1. The van der Waals surface area contributed by atoms with Crippen molar-refractivity contribution in [2.24, 2.45) is 5.92 Å². The van der Waals surface area contributed by atoms with Gasteiger partial charge in [-0.3, -0.25) is 0 Å². The van der Waals surface area contributed by atoms with Crippen LogP contribution in [0.5, 0.6) is 0 Å². The summed E-state index contributed by atoms with van der Waals surface area (Å²) in [7, 11) is 0. The minimum atomic E-state index is -0.452. The first kappa shape index (κ1) is 19.8. The number of nitrogens with one attached hydrogen (secondary N) is 1. The van der Waals surface area contributed by atoms with E-state index in [2.05, 4.69) is 45.1 Å². The van der Waals surface area contributed by atoms with E-state index in [-0.39, 0.29) is 18.4 Å². The number of hydrogen-bond acceptors (Lipinski definition) is 3. The van der Waals surface area contributed by atoms with Gasteiger partial charge in [0, 0.05) is 22.7 Å². The number of thioether (sulfide) groups is 1. The van der Waals surface area contributed by atoms with Gasteiger partial charge in [-0.15, -0.1) is 24.2 Å². The molecule has 0 heterocycles. The van der Waals surface area contributed by atoms with Gasteiger partial charge in [0.2, 0.25) is 0 Å². The average Bonchev–Trinajstić information content (AvgIpc) is 2.35. The van der Waals surface area contributed by atoms with Gasteiger partial charge in [-0.05, 0) is 30.5 Å². The molecule has 1 rings (SSSR count). The molecule has 0 aliphatic carbocycles. The van der Waals surface area contributed by atoms with E-state index in [1.54, 1.807) is 0 Å². The van der Waals surface area contributed by atoms with E-state index in [0.29, 0.717) is 12.0 Å². The van der Waals surface area contributed by atoms with Crippen LogP contribution in [-0.2, 0) is 0 Å². The Bertz CT molecular complexity index is 367. The van der Waals surface area contributed by atoms with Gasteiger partial charge in [0.15, 0.2) is 0 Å². The maximum absolute atomic E-state index is 10.3. The Morgan fingerprint density at radius 1 is 1.05 bits per heavy atom. The molecule has 0 amide bonds. The van der Waals surface area contributed by atoms with Gasteiger partial charge in [-0.1, -0.05) is 39.8 Å². The summed E-state index contributed by atoms with van der Waals surface area (Å²) < 4.78 is 0. The molecule has 0 saturated heterocycles. The van der Waals surface area contributed by atoms with Gasteiger partial charge >= 0.3 is 0 Å². The van der Waals surface area contributed by atoms with E-state index in [4.69, 9.17) is 0 Å². The second-order valence-electron chi connectivity index (χ2n) is 5.83. The Kier molecular flexibility index (Phi) is 9.56. The summed E-state index contributed by atoms with van der Waals surface area (Å²) in [4.78, 5) is 1.27. The summed E-state index contributed by atoms with van der Waals surface area (Å²) in [5.74, 6) is 1.83. The SMILES string of the molecule is CC(C)CSc1ccc(C(O)C(C)NC(C)C)cc1.Cl. The molecule has 0 spiro atoms. The normalized spacial score (nSPS) is 14.2. The number of hydrogen-bond donors (Lipinski definition) is 2. The van der Waals surface area contributed by atoms with Crippen molar-refractivity contribution >= 4 is 24.2 Å². The molecule has 1 aromatic carbocycles. The Labute approximate surface area is 134 Å². The lowest BCUT2D eigenvalue weighted by molar-refractivity contribution is 0.131. The molecule has 0 aromatic heterocycles. The van der Waals surface area contributed by atoms with E-state index in [1.165, 1.54) is 4.90 Å². The quantitative estimate of drug-likeness (QED) is 0.736. The van der Waals surface area contributed by atoms with Crippen molar-refractivity contribution in [3.05, 3.63) is 29.8 Å². The highest BCUT2D eigenvalue weighted by atomic mass is 35.5. The molecule has 0 radical (unpaired) electrons. The second-order valence-corrected chi connectivity index (χ2v) is 6.92. The van der Waals surface area contributed by atoms with Crippen molar-refractivity contribution in [3.63, 3.8) is 0 Å². The highest BCUT2D eigenvalue weighted by Crippen LogP contribution is 2.24. The number of aliphatic hydroxyl groups is 1. The Hall–Kier alpha value is -0.220. The topological polar surface area (TPSA) is 32.3 Å². The minimum absolute atomic E-state index is 0. The van der Waals surface area contributed by atoms with Crippen LogP contribution < -0.4 is 5.32 Å². The zero-order chi connectivity index (χ0) is 14.4. The van der Waals surface area contributed by atoms with E-state index in [1.807, 2.05) is 30.8 Å². The van der Waals surface area contributed by atoms with Crippen molar-refractivity contribution in [3.8, 4) is 0 Å². The van der Waals surface area contributed by atoms with Crippen LogP contribution in [0.3, 0.4) is 0 Å². The van der Waals surface area contributed by atoms with E-state index >= 15 is 0 Å². The molecular weight excluding hydrogens is 290 g/mol. The summed E-state index contributed by atoms with van der Waals surface area (Å²) in [6, 6.07) is 8.72. The van der Waals surface area contributed by atoms with Gasteiger partial charge in [-0.2, -0.15) is 0 Å². The molecule has 1 aromatic rings. The number of rotatable bonds is 7. The first-order chi connectivity index (χ1) is 8.90. The lowest BCUT2D eigenvalue weighted by atomic mass is 10.0. The molecule has 0 fully saturated rings. The average molecular weight is 318 g/mol. The fraction of sp³-hybridized carbons (Fsp3) is 0.625. The molecule has 0 saturated carbocycles.